The number of para-hydroxylation sites is 1. The molecule has 2 atom stereocenters. The smallest absolute Gasteiger partial charge is 0.159 e. The molecule has 0 amide bonds. The summed E-state index contributed by atoms with van der Waals surface area (Å²) in [5.41, 5.74) is 4.75. The van der Waals surface area contributed by atoms with Gasteiger partial charge in [0.1, 0.15) is 0 Å². The number of nitrogens with zero attached hydrogens (tertiary/aromatic N) is 4. The minimum absolute atomic E-state index is 0.0264. The van der Waals surface area contributed by atoms with E-state index in [0.29, 0.717) is 0 Å². The van der Waals surface area contributed by atoms with E-state index in [-0.39, 0.29) is 12.0 Å². The van der Waals surface area contributed by atoms with E-state index < -0.39 is 0 Å². The molecule has 0 fully saturated rings. The Hall–Kier alpha value is -3.24. The first-order valence-corrected chi connectivity index (χ1v) is 9.95. The SMILES string of the molecule is CC1=NN(c2ccccc2)C(c2ccccc2Cl)C1c1ccc2cccnc2n1. The first kappa shape index (κ1) is 17.8. The summed E-state index contributed by atoms with van der Waals surface area (Å²) < 4.78 is 0. The van der Waals surface area contributed by atoms with Crippen LogP contribution >= 0.6 is 11.6 Å². The molecule has 3 heterocycles. The van der Waals surface area contributed by atoms with E-state index in [1.165, 1.54) is 0 Å². The number of aromatic nitrogens is 2. The highest BCUT2D eigenvalue weighted by atomic mass is 35.5. The fourth-order valence-corrected chi connectivity index (χ4v) is 4.25. The molecule has 0 saturated carbocycles. The van der Waals surface area contributed by atoms with Gasteiger partial charge in [-0.25, -0.2) is 9.97 Å². The first-order valence-electron chi connectivity index (χ1n) is 9.58. The molecular weight excluding hydrogens is 380 g/mol. The fraction of sp³-hybridized carbons (Fsp3) is 0.125. The van der Waals surface area contributed by atoms with Crippen LogP contribution in [0.1, 0.15) is 30.1 Å². The highest BCUT2D eigenvalue weighted by molar-refractivity contribution is 6.31. The zero-order chi connectivity index (χ0) is 19.8. The molecule has 2 aromatic heterocycles. The summed E-state index contributed by atoms with van der Waals surface area (Å²) in [6, 6.07) is 26.2. The van der Waals surface area contributed by atoms with Crippen LogP contribution < -0.4 is 5.01 Å². The monoisotopic (exact) mass is 398 g/mol. The van der Waals surface area contributed by atoms with Crippen LogP contribution in [0.15, 0.2) is 90.2 Å². The van der Waals surface area contributed by atoms with Gasteiger partial charge in [0, 0.05) is 22.3 Å². The van der Waals surface area contributed by atoms with Crippen molar-refractivity contribution in [3.63, 3.8) is 0 Å². The number of hydrogen-bond acceptors (Lipinski definition) is 4. The van der Waals surface area contributed by atoms with Crippen LogP contribution in [0.5, 0.6) is 0 Å². The van der Waals surface area contributed by atoms with Crippen LogP contribution in [0.4, 0.5) is 5.69 Å². The summed E-state index contributed by atoms with van der Waals surface area (Å²) in [5, 5.41) is 8.74. The number of fused-ring (bicyclic) bond motifs is 1. The van der Waals surface area contributed by atoms with Gasteiger partial charge in [-0.15, -0.1) is 0 Å². The van der Waals surface area contributed by atoms with E-state index in [9.17, 15) is 0 Å². The third-order valence-corrected chi connectivity index (χ3v) is 5.69. The van der Waals surface area contributed by atoms with Crippen LogP contribution in [0.3, 0.4) is 0 Å². The Morgan fingerprint density at radius 1 is 0.862 bits per heavy atom. The van der Waals surface area contributed by atoms with Crippen molar-refractivity contribution < 1.29 is 0 Å². The second kappa shape index (κ2) is 7.30. The van der Waals surface area contributed by atoms with E-state index >= 15 is 0 Å². The average Bonchev–Trinajstić information content (AvgIpc) is 3.11. The highest BCUT2D eigenvalue weighted by Crippen LogP contribution is 2.45. The van der Waals surface area contributed by atoms with Crippen LogP contribution in [0.2, 0.25) is 5.02 Å². The van der Waals surface area contributed by atoms with Crippen molar-refractivity contribution in [2.24, 2.45) is 5.10 Å². The lowest BCUT2D eigenvalue weighted by Crippen LogP contribution is -2.25. The van der Waals surface area contributed by atoms with Gasteiger partial charge in [-0.2, -0.15) is 5.10 Å². The molecule has 1 aliphatic rings. The molecular formula is C24H19ClN4. The van der Waals surface area contributed by atoms with Crippen molar-refractivity contribution in [1.82, 2.24) is 9.97 Å². The van der Waals surface area contributed by atoms with E-state index in [1.54, 1.807) is 6.20 Å². The number of hydrazone groups is 1. The number of rotatable bonds is 3. The van der Waals surface area contributed by atoms with E-state index in [0.717, 1.165) is 38.7 Å². The highest BCUT2D eigenvalue weighted by Gasteiger charge is 2.40. The zero-order valence-electron chi connectivity index (χ0n) is 15.9. The molecule has 0 N–H and O–H groups in total. The van der Waals surface area contributed by atoms with Crippen molar-refractivity contribution in [3.8, 4) is 0 Å². The lowest BCUT2D eigenvalue weighted by Gasteiger charge is -2.29. The maximum absolute atomic E-state index is 6.64. The van der Waals surface area contributed by atoms with Crippen LogP contribution in [-0.2, 0) is 0 Å². The second-order valence-electron chi connectivity index (χ2n) is 7.15. The topological polar surface area (TPSA) is 41.4 Å². The van der Waals surface area contributed by atoms with Gasteiger partial charge >= 0.3 is 0 Å². The molecule has 0 saturated heterocycles. The van der Waals surface area contributed by atoms with Gasteiger partial charge in [-0.1, -0.05) is 48.0 Å². The molecule has 0 radical (unpaired) electrons. The Morgan fingerprint density at radius 3 is 2.48 bits per heavy atom. The van der Waals surface area contributed by atoms with Crippen LogP contribution in [-0.4, -0.2) is 15.7 Å². The van der Waals surface area contributed by atoms with E-state index in [2.05, 4.69) is 47.2 Å². The summed E-state index contributed by atoms with van der Waals surface area (Å²) in [4.78, 5) is 9.32. The number of halogens is 1. The van der Waals surface area contributed by atoms with E-state index in [1.807, 2.05) is 48.5 Å². The van der Waals surface area contributed by atoms with Crippen molar-refractivity contribution in [2.45, 2.75) is 18.9 Å². The van der Waals surface area contributed by atoms with Crippen molar-refractivity contribution in [1.29, 1.82) is 0 Å². The molecule has 1 aliphatic heterocycles. The lowest BCUT2D eigenvalue weighted by molar-refractivity contribution is 0.638. The molecule has 142 valence electrons. The van der Waals surface area contributed by atoms with Crippen LogP contribution in [0.25, 0.3) is 11.0 Å². The minimum atomic E-state index is -0.0836. The normalized spacial score (nSPS) is 18.8. The molecule has 0 aliphatic carbocycles. The Labute approximate surface area is 174 Å². The van der Waals surface area contributed by atoms with Crippen molar-refractivity contribution in [3.05, 3.63) is 101 Å². The maximum atomic E-state index is 6.64. The average molecular weight is 399 g/mol. The van der Waals surface area contributed by atoms with Crippen molar-refractivity contribution in [2.75, 3.05) is 5.01 Å². The van der Waals surface area contributed by atoms with E-state index in [4.69, 9.17) is 21.7 Å². The molecule has 0 spiro atoms. The van der Waals surface area contributed by atoms with Gasteiger partial charge in [-0.05, 0) is 55.0 Å². The second-order valence-corrected chi connectivity index (χ2v) is 7.56. The van der Waals surface area contributed by atoms with Gasteiger partial charge in [0.15, 0.2) is 5.65 Å². The summed E-state index contributed by atoms with van der Waals surface area (Å²) in [5.74, 6) is -0.0264. The largest absolute Gasteiger partial charge is 0.257 e. The molecule has 5 rings (SSSR count). The molecule has 5 heteroatoms. The number of hydrogen-bond donors (Lipinski definition) is 0. The third kappa shape index (κ3) is 3.15. The predicted octanol–water partition coefficient (Wildman–Crippen LogP) is 6.00. The first-order chi connectivity index (χ1) is 14.2. The third-order valence-electron chi connectivity index (χ3n) is 5.34. The standard InChI is InChI=1S/C24H19ClN4/c1-16-22(21-14-13-17-8-7-15-26-24(17)27-21)23(19-11-5-6-12-20(19)25)29(28-16)18-9-3-2-4-10-18/h2-15,22-23H,1H3. The van der Waals surface area contributed by atoms with Gasteiger partial charge in [0.25, 0.3) is 0 Å². The Kier molecular flexibility index (Phi) is 4.49. The van der Waals surface area contributed by atoms with Gasteiger partial charge in [-0.3, -0.25) is 5.01 Å². The predicted molar refractivity (Wildman–Crippen MR) is 119 cm³/mol. The Balaban J connectivity index is 1.68. The van der Waals surface area contributed by atoms with Gasteiger partial charge in [0.05, 0.1) is 23.3 Å². The molecule has 4 aromatic rings. The number of benzene rings is 2. The maximum Gasteiger partial charge on any atom is 0.159 e. The summed E-state index contributed by atoms with van der Waals surface area (Å²) in [6.07, 6.45) is 1.77. The molecule has 0 bridgehead atoms. The van der Waals surface area contributed by atoms with Crippen LogP contribution in [0, 0.1) is 0 Å². The quantitative estimate of drug-likeness (QED) is 0.424. The summed E-state index contributed by atoms with van der Waals surface area (Å²) >= 11 is 6.64. The Bertz CT molecular complexity index is 1210. The molecule has 29 heavy (non-hydrogen) atoms. The fourth-order valence-electron chi connectivity index (χ4n) is 4.01. The van der Waals surface area contributed by atoms with Crippen molar-refractivity contribution >= 4 is 34.0 Å². The lowest BCUT2D eigenvalue weighted by atomic mass is 9.87. The minimum Gasteiger partial charge on any atom is -0.257 e. The summed E-state index contributed by atoms with van der Waals surface area (Å²) in [7, 11) is 0. The number of pyridine rings is 2. The zero-order valence-corrected chi connectivity index (χ0v) is 16.7. The molecule has 2 aromatic carbocycles. The van der Waals surface area contributed by atoms with Gasteiger partial charge < -0.3 is 0 Å². The molecule has 2 unspecified atom stereocenters. The van der Waals surface area contributed by atoms with Gasteiger partial charge in [0.2, 0.25) is 0 Å². The molecule has 4 nitrogen and oxygen atoms in total. The summed E-state index contributed by atoms with van der Waals surface area (Å²) in [6.45, 7) is 2.06. The number of anilines is 1. The Morgan fingerprint density at radius 2 is 1.66 bits per heavy atom.